The molecule has 1 N–H and O–H groups in total. The van der Waals surface area contributed by atoms with E-state index < -0.39 is 28.5 Å². The second-order valence-electron chi connectivity index (χ2n) is 10.5. The van der Waals surface area contributed by atoms with Gasteiger partial charge in [0.05, 0.1) is 24.8 Å². The van der Waals surface area contributed by atoms with Crippen LogP contribution >= 0.6 is 11.6 Å². The van der Waals surface area contributed by atoms with Gasteiger partial charge in [0.15, 0.2) is 11.5 Å². The average molecular weight is 664 g/mol. The third kappa shape index (κ3) is 8.38. The zero-order chi connectivity index (χ0) is 33.1. The number of benzene rings is 4. The van der Waals surface area contributed by atoms with Gasteiger partial charge in [0.1, 0.15) is 12.6 Å². The summed E-state index contributed by atoms with van der Waals surface area (Å²) in [5, 5.41) is 3.35. The summed E-state index contributed by atoms with van der Waals surface area (Å²) < 4.78 is 40.2. The molecule has 4 aromatic rings. The van der Waals surface area contributed by atoms with Crippen LogP contribution in [0, 0.1) is 0 Å². The molecule has 4 rings (SSSR count). The minimum Gasteiger partial charge on any atom is -0.493 e. The Morgan fingerprint density at radius 2 is 1.48 bits per heavy atom. The number of para-hydroxylation sites is 1. The monoisotopic (exact) mass is 663 g/mol. The van der Waals surface area contributed by atoms with Crippen LogP contribution in [0.25, 0.3) is 0 Å². The molecule has 0 heterocycles. The summed E-state index contributed by atoms with van der Waals surface area (Å²) >= 11 is 6.54. The van der Waals surface area contributed by atoms with Gasteiger partial charge in [-0.05, 0) is 47.9 Å². The summed E-state index contributed by atoms with van der Waals surface area (Å²) in [5.41, 5.74) is 1.74. The molecule has 0 aliphatic heterocycles. The molecular formula is C35H38ClN3O6S. The quantitative estimate of drug-likeness (QED) is 0.175. The second-order valence-corrected chi connectivity index (χ2v) is 12.7. The Morgan fingerprint density at radius 1 is 0.848 bits per heavy atom. The fraction of sp³-hybridized carbons (Fsp3) is 0.257. The third-order valence-corrected chi connectivity index (χ3v) is 9.52. The maximum Gasteiger partial charge on any atom is 0.264 e. The van der Waals surface area contributed by atoms with Crippen molar-refractivity contribution in [3.8, 4) is 11.5 Å². The number of carbonyl (C=O) groups excluding carboxylic acids is 2. The number of hydrogen-bond acceptors (Lipinski definition) is 6. The summed E-state index contributed by atoms with van der Waals surface area (Å²) in [5.74, 6) is -0.351. The van der Waals surface area contributed by atoms with Crippen LogP contribution in [-0.4, -0.2) is 58.5 Å². The van der Waals surface area contributed by atoms with E-state index in [1.807, 2.05) is 37.3 Å². The van der Waals surface area contributed by atoms with Crippen molar-refractivity contribution in [2.45, 2.75) is 37.2 Å². The molecule has 0 spiro atoms. The van der Waals surface area contributed by atoms with Gasteiger partial charge < -0.3 is 19.7 Å². The number of ether oxygens (including phenoxy) is 2. The van der Waals surface area contributed by atoms with Gasteiger partial charge in [-0.25, -0.2) is 8.42 Å². The van der Waals surface area contributed by atoms with Crippen molar-refractivity contribution in [1.29, 1.82) is 0 Å². The molecule has 0 fully saturated rings. The highest BCUT2D eigenvalue weighted by molar-refractivity contribution is 7.92. The van der Waals surface area contributed by atoms with E-state index in [1.54, 1.807) is 54.6 Å². The maximum absolute atomic E-state index is 14.5. The Morgan fingerprint density at radius 3 is 2.11 bits per heavy atom. The van der Waals surface area contributed by atoms with E-state index in [0.717, 1.165) is 9.87 Å². The van der Waals surface area contributed by atoms with Crippen molar-refractivity contribution in [3.63, 3.8) is 0 Å². The van der Waals surface area contributed by atoms with Gasteiger partial charge in [0.25, 0.3) is 10.0 Å². The number of amides is 2. The van der Waals surface area contributed by atoms with E-state index in [4.69, 9.17) is 21.1 Å². The van der Waals surface area contributed by atoms with E-state index in [1.165, 1.54) is 37.3 Å². The van der Waals surface area contributed by atoms with Crippen molar-refractivity contribution >= 4 is 39.1 Å². The van der Waals surface area contributed by atoms with E-state index in [2.05, 4.69) is 5.32 Å². The normalized spacial score (nSPS) is 11.7. The van der Waals surface area contributed by atoms with Gasteiger partial charge in [-0.1, -0.05) is 85.3 Å². The minimum atomic E-state index is -4.32. The molecule has 0 radical (unpaired) electrons. The lowest BCUT2D eigenvalue weighted by atomic mass is 10.0. The van der Waals surface area contributed by atoms with Crippen molar-refractivity contribution in [1.82, 2.24) is 10.2 Å². The van der Waals surface area contributed by atoms with Crippen LogP contribution in [0.3, 0.4) is 0 Å². The van der Waals surface area contributed by atoms with Crippen molar-refractivity contribution in [2.75, 3.05) is 31.6 Å². The Hall–Kier alpha value is -4.54. The number of rotatable bonds is 15. The smallest absolute Gasteiger partial charge is 0.264 e. The van der Waals surface area contributed by atoms with E-state index in [9.17, 15) is 18.0 Å². The van der Waals surface area contributed by atoms with Crippen LogP contribution in [0.5, 0.6) is 11.5 Å². The summed E-state index contributed by atoms with van der Waals surface area (Å²) in [6.07, 6.45) is 0.911. The zero-order valence-corrected chi connectivity index (χ0v) is 27.6. The number of halogens is 1. The summed E-state index contributed by atoms with van der Waals surface area (Å²) in [7, 11) is -1.45. The predicted octanol–water partition coefficient (Wildman–Crippen LogP) is 5.72. The molecule has 11 heteroatoms. The Balaban J connectivity index is 1.81. The fourth-order valence-corrected chi connectivity index (χ4v) is 6.58. The molecule has 0 aromatic heterocycles. The standard InChI is InChI=1S/C35H38ClN3O6S/c1-4-21-37-35(41)31(22-26-13-7-5-8-14-26)38(24-27-15-11-12-18-30(27)36)34(40)25-39(28-16-9-6-10-17-28)46(42,43)29-19-20-32(44-2)33(23-29)45-3/h5-20,23,31H,4,21-22,24-25H2,1-3H3,(H,37,41)/t31-/m1/s1. The highest BCUT2D eigenvalue weighted by atomic mass is 35.5. The minimum absolute atomic E-state index is 0.0193. The third-order valence-electron chi connectivity index (χ3n) is 7.38. The molecule has 1 atom stereocenters. The lowest BCUT2D eigenvalue weighted by Gasteiger charge is -2.34. The summed E-state index contributed by atoms with van der Waals surface area (Å²) in [4.78, 5) is 29.6. The van der Waals surface area contributed by atoms with Gasteiger partial charge in [0.2, 0.25) is 11.8 Å². The largest absolute Gasteiger partial charge is 0.493 e. The Labute approximate surface area is 275 Å². The van der Waals surface area contributed by atoms with Crippen LogP contribution in [0.15, 0.2) is 108 Å². The molecule has 0 bridgehead atoms. The van der Waals surface area contributed by atoms with Gasteiger partial charge in [-0.2, -0.15) is 0 Å². The fourth-order valence-electron chi connectivity index (χ4n) is 4.96. The highest BCUT2D eigenvalue weighted by Gasteiger charge is 2.35. The SMILES string of the molecule is CCCNC(=O)[C@@H](Cc1ccccc1)N(Cc1ccccc1Cl)C(=O)CN(c1ccccc1)S(=O)(=O)c1ccc(OC)c(OC)c1. The second kappa shape index (κ2) is 16.1. The average Bonchev–Trinajstić information content (AvgIpc) is 3.08. The Bertz CT molecular complexity index is 1720. The van der Waals surface area contributed by atoms with Gasteiger partial charge in [-0.3, -0.25) is 13.9 Å². The van der Waals surface area contributed by atoms with Crippen molar-refractivity contribution in [2.24, 2.45) is 0 Å². The van der Waals surface area contributed by atoms with Crippen LogP contribution in [0.4, 0.5) is 5.69 Å². The first-order valence-electron chi connectivity index (χ1n) is 14.8. The van der Waals surface area contributed by atoms with Gasteiger partial charge in [-0.15, -0.1) is 0 Å². The molecular weight excluding hydrogens is 626 g/mol. The molecule has 0 aliphatic carbocycles. The number of anilines is 1. The summed E-state index contributed by atoms with van der Waals surface area (Å²) in [6, 6.07) is 28.1. The molecule has 2 amide bonds. The molecule has 0 saturated carbocycles. The van der Waals surface area contributed by atoms with Crippen LogP contribution in [0.2, 0.25) is 5.02 Å². The van der Waals surface area contributed by atoms with Crippen LogP contribution in [0.1, 0.15) is 24.5 Å². The lowest BCUT2D eigenvalue weighted by Crippen LogP contribution is -2.53. The lowest BCUT2D eigenvalue weighted by molar-refractivity contribution is -0.140. The van der Waals surface area contributed by atoms with E-state index in [0.29, 0.717) is 29.3 Å². The number of nitrogens with zero attached hydrogens (tertiary/aromatic N) is 2. The molecule has 0 saturated heterocycles. The molecule has 0 unspecified atom stereocenters. The Kier molecular flexibility index (Phi) is 12.1. The first-order valence-corrected chi connectivity index (χ1v) is 16.7. The number of carbonyl (C=O) groups is 2. The van der Waals surface area contributed by atoms with Gasteiger partial charge >= 0.3 is 0 Å². The highest BCUT2D eigenvalue weighted by Crippen LogP contribution is 2.32. The molecule has 4 aromatic carbocycles. The predicted molar refractivity (Wildman–Crippen MR) is 180 cm³/mol. The topological polar surface area (TPSA) is 105 Å². The number of sulfonamides is 1. The zero-order valence-electron chi connectivity index (χ0n) is 26.1. The number of hydrogen-bond donors (Lipinski definition) is 1. The summed E-state index contributed by atoms with van der Waals surface area (Å²) in [6.45, 7) is 1.75. The first-order chi connectivity index (χ1) is 22.2. The van der Waals surface area contributed by atoms with E-state index >= 15 is 0 Å². The number of nitrogens with one attached hydrogen (secondary N) is 1. The molecule has 0 aliphatic rings. The van der Waals surface area contributed by atoms with Crippen LogP contribution < -0.4 is 19.1 Å². The molecule has 46 heavy (non-hydrogen) atoms. The maximum atomic E-state index is 14.5. The van der Waals surface area contributed by atoms with E-state index in [-0.39, 0.29) is 35.2 Å². The van der Waals surface area contributed by atoms with Crippen molar-refractivity contribution < 1.29 is 27.5 Å². The number of methoxy groups -OCH3 is 2. The molecule has 242 valence electrons. The van der Waals surface area contributed by atoms with Crippen molar-refractivity contribution in [3.05, 3.63) is 119 Å². The molecule has 9 nitrogen and oxygen atoms in total. The van der Waals surface area contributed by atoms with Gasteiger partial charge in [0, 0.05) is 30.6 Å². The first kappa shape index (κ1) is 34.3. The van der Waals surface area contributed by atoms with Crippen LogP contribution in [-0.2, 0) is 32.6 Å².